The summed E-state index contributed by atoms with van der Waals surface area (Å²) in [4.78, 5) is 22.3. The van der Waals surface area contributed by atoms with Gasteiger partial charge in [-0.3, -0.25) is 4.79 Å². The summed E-state index contributed by atoms with van der Waals surface area (Å²) in [5, 5.41) is 0. The van der Waals surface area contributed by atoms with E-state index in [4.69, 9.17) is 10.5 Å². The highest BCUT2D eigenvalue weighted by Gasteiger charge is 2.07. The van der Waals surface area contributed by atoms with Gasteiger partial charge in [-0.1, -0.05) is 6.07 Å². The Balaban J connectivity index is 2.33. The maximum Gasteiger partial charge on any atom is 0.338 e. The summed E-state index contributed by atoms with van der Waals surface area (Å²) in [6.45, 7) is 0.183. The molecule has 0 fully saturated rings. The topological polar surface area (TPSA) is 78.6 Å². The van der Waals surface area contributed by atoms with Crippen molar-refractivity contribution < 1.29 is 19.1 Å². The Hall–Kier alpha value is -2.04. The highest BCUT2D eigenvalue weighted by atomic mass is 16.5. The molecule has 0 spiro atoms. The molecule has 0 saturated heterocycles. The zero-order chi connectivity index (χ0) is 12.7. The number of nitrogen functional groups attached to an aromatic ring is 1. The number of nitrogens with two attached hydrogens (primary N) is 1. The molecule has 0 heterocycles. The van der Waals surface area contributed by atoms with E-state index in [0.29, 0.717) is 17.7 Å². The molecule has 1 aromatic carbocycles. The first-order valence-corrected chi connectivity index (χ1v) is 5.23. The highest BCUT2D eigenvalue weighted by molar-refractivity contribution is 5.90. The fourth-order valence-corrected chi connectivity index (χ4v) is 1.23. The minimum absolute atomic E-state index is 0.183. The lowest BCUT2D eigenvalue weighted by Gasteiger charge is -2.04. The Morgan fingerprint density at radius 2 is 2.12 bits per heavy atom. The summed E-state index contributed by atoms with van der Waals surface area (Å²) in [6.07, 6.45) is 0.682. The van der Waals surface area contributed by atoms with Gasteiger partial charge in [0.25, 0.3) is 0 Å². The standard InChI is InChI=1S/C12H15NO4/c1-16-11(14)6-3-7-17-12(15)9-4-2-5-10(13)8-9/h2,4-5,8H,3,6-7,13H2,1H3. The summed E-state index contributed by atoms with van der Waals surface area (Å²) in [7, 11) is 1.32. The number of ether oxygens (including phenoxy) is 2. The summed E-state index contributed by atoms with van der Waals surface area (Å²) in [6, 6.07) is 6.54. The lowest BCUT2D eigenvalue weighted by atomic mass is 10.2. The van der Waals surface area contributed by atoms with Crippen molar-refractivity contribution in [1.29, 1.82) is 0 Å². The van der Waals surface area contributed by atoms with Crippen LogP contribution in [0.4, 0.5) is 5.69 Å². The number of carbonyl (C=O) groups is 2. The molecule has 0 atom stereocenters. The first-order chi connectivity index (χ1) is 8.13. The van der Waals surface area contributed by atoms with Gasteiger partial charge in [-0.05, 0) is 24.6 Å². The van der Waals surface area contributed by atoms with E-state index in [0.717, 1.165) is 0 Å². The molecule has 1 aromatic rings. The van der Waals surface area contributed by atoms with Crippen LogP contribution in [0.15, 0.2) is 24.3 Å². The van der Waals surface area contributed by atoms with Gasteiger partial charge in [0.2, 0.25) is 0 Å². The molecule has 0 radical (unpaired) electrons. The van der Waals surface area contributed by atoms with Crippen LogP contribution in [0.3, 0.4) is 0 Å². The minimum Gasteiger partial charge on any atom is -0.469 e. The molecule has 5 nitrogen and oxygen atoms in total. The smallest absolute Gasteiger partial charge is 0.338 e. The van der Waals surface area contributed by atoms with Gasteiger partial charge in [0.15, 0.2) is 0 Å². The number of hydrogen-bond acceptors (Lipinski definition) is 5. The Morgan fingerprint density at radius 3 is 2.76 bits per heavy atom. The predicted molar refractivity (Wildman–Crippen MR) is 62.4 cm³/mol. The number of rotatable bonds is 5. The van der Waals surface area contributed by atoms with Gasteiger partial charge in [0, 0.05) is 12.1 Å². The number of esters is 2. The van der Waals surface area contributed by atoms with Crippen LogP contribution in [-0.2, 0) is 14.3 Å². The van der Waals surface area contributed by atoms with Crippen LogP contribution in [0, 0.1) is 0 Å². The number of benzene rings is 1. The lowest BCUT2D eigenvalue weighted by Crippen LogP contribution is -2.08. The quantitative estimate of drug-likeness (QED) is 0.475. The van der Waals surface area contributed by atoms with Crippen molar-refractivity contribution in [2.75, 3.05) is 19.5 Å². The third-order valence-corrected chi connectivity index (χ3v) is 2.11. The Bertz CT molecular complexity index is 403. The summed E-state index contributed by atoms with van der Waals surface area (Å²) in [5.74, 6) is -0.757. The third-order valence-electron chi connectivity index (χ3n) is 2.11. The van der Waals surface area contributed by atoms with E-state index in [2.05, 4.69) is 4.74 Å². The van der Waals surface area contributed by atoms with Crippen molar-refractivity contribution in [2.45, 2.75) is 12.8 Å². The van der Waals surface area contributed by atoms with Crippen molar-refractivity contribution in [1.82, 2.24) is 0 Å². The first kappa shape index (κ1) is 13.0. The molecule has 5 heteroatoms. The second-order valence-electron chi connectivity index (χ2n) is 3.44. The minimum atomic E-state index is -0.442. The fourth-order valence-electron chi connectivity index (χ4n) is 1.23. The van der Waals surface area contributed by atoms with E-state index >= 15 is 0 Å². The third kappa shape index (κ3) is 4.55. The van der Waals surface area contributed by atoms with Gasteiger partial charge in [-0.2, -0.15) is 0 Å². The fraction of sp³-hybridized carbons (Fsp3) is 0.333. The molecule has 2 N–H and O–H groups in total. The van der Waals surface area contributed by atoms with Gasteiger partial charge in [-0.15, -0.1) is 0 Å². The molecule has 0 aromatic heterocycles. The Morgan fingerprint density at radius 1 is 1.35 bits per heavy atom. The van der Waals surface area contributed by atoms with Crippen LogP contribution in [0.5, 0.6) is 0 Å². The molecule has 0 bridgehead atoms. The van der Waals surface area contributed by atoms with E-state index in [-0.39, 0.29) is 19.0 Å². The maximum atomic E-state index is 11.5. The van der Waals surface area contributed by atoms with E-state index in [9.17, 15) is 9.59 Å². The zero-order valence-electron chi connectivity index (χ0n) is 9.64. The van der Waals surface area contributed by atoms with Gasteiger partial charge in [0.05, 0.1) is 19.3 Å². The molecule has 0 saturated carbocycles. The molecular weight excluding hydrogens is 222 g/mol. The van der Waals surface area contributed by atoms with Crippen molar-refractivity contribution >= 4 is 17.6 Å². The monoisotopic (exact) mass is 237 g/mol. The van der Waals surface area contributed by atoms with Gasteiger partial charge >= 0.3 is 11.9 Å². The molecule has 92 valence electrons. The van der Waals surface area contributed by atoms with E-state index in [1.54, 1.807) is 24.3 Å². The number of carbonyl (C=O) groups excluding carboxylic acids is 2. The van der Waals surface area contributed by atoms with Gasteiger partial charge in [-0.25, -0.2) is 4.79 Å². The summed E-state index contributed by atoms with van der Waals surface area (Å²) < 4.78 is 9.44. The van der Waals surface area contributed by atoms with Gasteiger partial charge in [0.1, 0.15) is 0 Å². The van der Waals surface area contributed by atoms with Crippen molar-refractivity contribution in [3.8, 4) is 0 Å². The van der Waals surface area contributed by atoms with Crippen LogP contribution in [0.2, 0.25) is 0 Å². The number of methoxy groups -OCH3 is 1. The second-order valence-corrected chi connectivity index (χ2v) is 3.44. The van der Waals surface area contributed by atoms with Crippen molar-refractivity contribution in [3.63, 3.8) is 0 Å². The molecule has 1 rings (SSSR count). The van der Waals surface area contributed by atoms with Crippen molar-refractivity contribution in [3.05, 3.63) is 29.8 Å². The molecule has 0 amide bonds. The van der Waals surface area contributed by atoms with E-state index in [1.807, 2.05) is 0 Å². The first-order valence-electron chi connectivity index (χ1n) is 5.23. The second kappa shape index (κ2) is 6.52. The zero-order valence-corrected chi connectivity index (χ0v) is 9.64. The lowest BCUT2D eigenvalue weighted by molar-refractivity contribution is -0.140. The molecule has 0 aliphatic carbocycles. The average molecular weight is 237 g/mol. The number of anilines is 1. The Labute approximate surface area is 99.5 Å². The van der Waals surface area contributed by atoms with Gasteiger partial charge < -0.3 is 15.2 Å². The maximum absolute atomic E-state index is 11.5. The SMILES string of the molecule is COC(=O)CCCOC(=O)c1cccc(N)c1. The van der Waals surface area contributed by atoms with E-state index < -0.39 is 5.97 Å². The molecule has 0 aliphatic rings. The normalized spacial score (nSPS) is 9.71. The molecule has 0 aliphatic heterocycles. The van der Waals surface area contributed by atoms with Crippen molar-refractivity contribution in [2.24, 2.45) is 0 Å². The van der Waals surface area contributed by atoms with E-state index in [1.165, 1.54) is 7.11 Å². The predicted octanol–water partition coefficient (Wildman–Crippen LogP) is 1.38. The number of hydrogen-bond donors (Lipinski definition) is 1. The highest BCUT2D eigenvalue weighted by Crippen LogP contribution is 2.08. The average Bonchev–Trinajstić information content (AvgIpc) is 2.34. The van der Waals surface area contributed by atoms with Crippen LogP contribution in [-0.4, -0.2) is 25.7 Å². The Kier molecular flexibility index (Phi) is 5.00. The van der Waals surface area contributed by atoms with Crippen LogP contribution in [0.25, 0.3) is 0 Å². The van der Waals surface area contributed by atoms with Crippen LogP contribution in [0.1, 0.15) is 23.2 Å². The van der Waals surface area contributed by atoms with Crippen LogP contribution >= 0.6 is 0 Å². The van der Waals surface area contributed by atoms with Crippen LogP contribution < -0.4 is 5.73 Å². The summed E-state index contributed by atoms with van der Waals surface area (Å²) >= 11 is 0. The summed E-state index contributed by atoms with van der Waals surface area (Å²) in [5.41, 5.74) is 6.45. The molecule has 0 unspecified atom stereocenters. The molecular formula is C12H15NO4. The molecule has 17 heavy (non-hydrogen) atoms. The largest absolute Gasteiger partial charge is 0.469 e.